The first-order valence-corrected chi connectivity index (χ1v) is 9.02. The van der Waals surface area contributed by atoms with Gasteiger partial charge in [0, 0.05) is 11.4 Å². The summed E-state index contributed by atoms with van der Waals surface area (Å²) >= 11 is 6.92. The molecule has 1 fully saturated rings. The van der Waals surface area contributed by atoms with Crippen LogP contribution in [-0.4, -0.2) is 67.5 Å². The van der Waals surface area contributed by atoms with E-state index in [1.165, 1.54) is 0 Å². The van der Waals surface area contributed by atoms with Crippen LogP contribution in [0.3, 0.4) is 0 Å². The number of hydrogen-bond donors (Lipinski definition) is 5. The molecule has 0 amide bonds. The number of phosphoric ester groups is 1. The zero-order valence-electron chi connectivity index (χ0n) is 10.9. The lowest BCUT2D eigenvalue weighted by Crippen LogP contribution is -2.63. The number of aliphatic hydroxyl groups excluding tert-OH is 2. The molecular formula is C9H19ClNO7PS. The van der Waals surface area contributed by atoms with Crippen LogP contribution >= 0.6 is 31.2 Å². The third-order valence-electron chi connectivity index (χ3n) is 2.98. The van der Waals surface area contributed by atoms with Gasteiger partial charge in [-0.1, -0.05) is 0 Å². The third-order valence-corrected chi connectivity index (χ3v) is 4.64. The molecular weight excluding hydrogens is 333 g/mol. The summed E-state index contributed by atoms with van der Waals surface area (Å²) in [5.41, 5.74) is 4.91. The third kappa shape index (κ3) is 4.54. The normalized spacial score (nSPS) is 38.5. The molecule has 7 atom stereocenters. The lowest BCUT2D eigenvalue weighted by atomic mass is 9.94. The number of aliphatic hydroxyl groups is 2. The van der Waals surface area contributed by atoms with E-state index in [4.69, 9.17) is 31.9 Å². The van der Waals surface area contributed by atoms with Gasteiger partial charge in [-0.05, 0) is 13.2 Å². The Balaban J connectivity index is 2.92. The van der Waals surface area contributed by atoms with Gasteiger partial charge in [-0.2, -0.15) is 0 Å². The van der Waals surface area contributed by atoms with E-state index < -0.39 is 49.1 Å². The molecule has 8 nitrogen and oxygen atoms in total. The Morgan fingerprint density at radius 3 is 2.35 bits per heavy atom. The van der Waals surface area contributed by atoms with E-state index in [0.29, 0.717) is 0 Å². The number of phosphoric acid groups is 1. The molecule has 0 aromatic heterocycles. The molecule has 0 radical (unpaired) electrons. The minimum atomic E-state index is -4.83. The number of halogens is 1. The van der Waals surface area contributed by atoms with Gasteiger partial charge in [-0.15, -0.1) is 23.4 Å². The molecule has 0 bridgehead atoms. The van der Waals surface area contributed by atoms with Gasteiger partial charge < -0.3 is 30.5 Å². The maximum Gasteiger partial charge on any atom is 0.470 e. The Labute approximate surface area is 125 Å². The van der Waals surface area contributed by atoms with Crippen LogP contribution in [0.4, 0.5) is 0 Å². The minimum absolute atomic E-state index is 0.524. The molecule has 0 aliphatic carbocycles. The zero-order valence-corrected chi connectivity index (χ0v) is 13.3. The predicted octanol–water partition coefficient (Wildman–Crippen LogP) is -0.771. The Kier molecular flexibility index (Phi) is 6.74. The van der Waals surface area contributed by atoms with Gasteiger partial charge in [0.2, 0.25) is 0 Å². The van der Waals surface area contributed by atoms with Crippen LogP contribution in [0, 0.1) is 0 Å². The zero-order chi connectivity index (χ0) is 15.7. The second-order valence-corrected chi connectivity index (χ2v) is 7.32. The average molecular weight is 352 g/mol. The van der Waals surface area contributed by atoms with Crippen LogP contribution in [-0.2, 0) is 13.8 Å². The minimum Gasteiger partial charge on any atom is -0.388 e. The largest absolute Gasteiger partial charge is 0.470 e. The van der Waals surface area contributed by atoms with Gasteiger partial charge in [0.25, 0.3) is 0 Å². The molecule has 1 heterocycles. The second kappa shape index (κ2) is 7.23. The van der Waals surface area contributed by atoms with E-state index in [0.717, 1.165) is 11.8 Å². The van der Waals surface area contributed by atoms with E-state index in [-0.39, 0.29) is 0 Å². The summed E-state index contributed by atoms with van der Waals surface area (Å²) in [5.74, 6) is 0. The fourth-order valence-electron chi connectivity index (χ4n) is 1.90. The molecule has 20 heavy (non-hydrogen) atoms. The number of thioether (sulfide) groups is 1. The van der Waals surface area contributed by atoms with Crippen LogP contribution in [0.1, 0.15) is 6.92 Å². The lowest BCUT2D eigenvalue weighted by molar-refractivity contribution is -0.198. The monoisotopic (exact) mass is 351 g/mol. The molecule has 1 aliphatic rings. The molecule has 0 spiro atoms. The Hall–Kier alpha value is 0.590. The van der Waals surface area contributed by atoms with E-state index in [1.54, 1.807) is 13.2 Å². The summed E-state index contributed by atoms with van der Waals surface area (Å²) < 4.78 is 20.9. The Morgan fingerprint density at radius 1 is 1.40 bits per heavy atom. The van der Waals surface area contributed by atoms with Crippen LogP contribution in [0.2, 0.25) is 0 Å². The smallest absolute Gasteiger partial charge is 0.388 e. The first-order chi connectivity index (χ1) is 9.08. The highest BCUT2D eigenvalue weighted by Gasteiger charge is 2.49. The molecule has 11 heteroatoms. The number of alkyl halides is 1. The number of hydrogen-bond acceptors (Lipinski definition) is 7. The van der Waals surface area contributed by atoms with E-state index in [1.807, 2.05) is 0 Å². The Bertz CT molecular complexity index is 368. The summed E-state index contributed by atoms with van der Waals surface area (Å²) in [6, 6.07) is -0.757. The number of ether oxygens (including phenoxy) is 1. The van der Waals surface area contributed by atoms with Crippen molar-refractivity contribution in [1.29, 1.82) is 0 Å². The van der Waals surface area contributed by atoms with Crippen molar-refractivity contribution in [1.82, 2.24) is 0 Å². The first-order valence-electron chi connectivity index (χ1n) is 5.76. The number of nitrogens with two attached hydrogens (primary N) is 1. The summed E-state index contributed by atoms with van der Waals surface area (Å²) in [4.78, 5) is 17.7. The molecule has 0 aromatic carbocycles. The Morgan fingerprint density at radius 2 is 1.95 bits per heavy atom. The highest BCUT2D eigenvalue weighted by atomic mass is 35.5. The average Bonchev–Trinajstić information content (AvgIpc) is 2.33. The summed E-state index contributed by atoms with van der Waals surface area (Å²) in [5, 5.41) is 19.5. The second-order valence-electron chi connectivity index (χ2n) is 4.50. The van der Waals surface area contributed by atoms with Crippen LogP contribution < -0.4 is 5.73 Å². The molecule has 0 aromatic rings. The fourth-order valence-corrected chi connectivity index (χ4v) is 3.40. The van der Waals surface area contributed by atoms with Crippen molar-refractivity contribution in [3.63, 3.8) is 0 Å². The van der Waals surface area contributed by atoms with Crippen molar-refractivity contribution in [2.24, 2.45) is 5.73 Å². The van der Waals surface area contributed by atoms with Gasteiger partial charge in [0.15, 0.2) is 0 Å². The topological polar surface area (TPSA) is 142 Å². The van der Waals surface area contributed by atoms with E-state index in [9.17, 15) is 14.8 Å². The predicted molar refractivity (Wildman–Crippen MR) is 74.4 cm³/mol. The van der Waals surface area contributed by atoms with Crippen molar-refractivity contribution >= 4 is 31.2 Å². The van der Waals surface area contributed by atoms with Crippen molar-refractivity contribution < 1.29 is 33.8 Å². The molecule has 1 saturated heterocycles. The van der Waals surface area contributed by atoms with E-state index >= 15 is 0 Å². The molecule has 0 saturated carbocycles. The molecule has 6 N–H and O–H groups in total. The highest BCUT2D eigenvalue weighted by molar-refractivity contribution is 7.99. The van der Waals surface area contributed by atoms with E-state index in [2.05, 4.69) is 4.52 Å². The van der Waals surface area contributed by atoms with Crippen molar-refractivity contribution in [3.05, 3.63) is 0 Å². The van der Waals surface area contributed by atoms with Crippen molar-refractivity contribution in [2.45, 2.75) is 48.2 Å². The quantitative estimate of drug-likeness (QED) is 0.318. The van der Waals surface area contributed by atoms with Crippen molar-refractivity contribution in [2.75, 3.05) is 6.26 Å². The first kappa shape index (κ1) is 18.6. The lowest BCUT2D eigenvalue weighted by Gasteiger charge is -2.44. The molecule has 1 aliphatic heterocycles. The summed E-state index contributed by atoms with van der Waals surface area (Å²) in [6.45, 7) is 1.61. The van der Waals surface area contributed by atoms with Gasteiger partial charge in [-0.25, -0.2) is 4.57 Å². The van der Waals surface area contributed by atoms with Gasteiger partial charge in [0.1, 0.15) is 29.9 Å². The van der Waals surface area contributed by atoms with Crippen LogP contribution in [0.5, 0.6) is 0 Å². The number of rotatable bonds is 5. The molecule has 1 rings (SSSR count). The van der Waals surface area contributed by atoms with Gasteiger partial charge >= 0.3 is 7.82 Å². The van der Waals surface area contributed by atoms with Gasteiger partial charge in [0.05, 0.1) is 0 Å². The molecule has 120 valence electrons. The maximum atomic E-state index is 10.9. The SMILES string of the molecule is CSC1OC(C(N)C(C)Cl)C(O)C(O)C1OP(=O)(O)O. The van der Waals surface area contributed by atoms with Crippen molar-refractivity contribution in [3.8, 4) is 0 Å². The maximum absolute atomic E-state index is 10.9. The van der Waals surface area contributed by atoms with Crippen LogP contribution in [0.15, 0.2) is 0 Å². The van der Waals surface area contributed by atoms with Crippen LogP contribution in [0.25, 0.3) is 0 Å². The summed E-state index contributed by atoms with van der Waals surface area (Å²) in [7, 11) is -4.83. The highest BCUT2D eigenvalue weighted by Crippen LogP contribution is 2.43. The summed E-state index contributed by atoms with van der Waals surface area (Å²) in [6.07, 6.45) is -3.76. The standard InChI is InChI=1S/C9H19ClNO7PS/c1-3(10)4(11)7-5(12)6(13)8(9(17-7)20-2)18-19(14,15)16/h3-9,12-13H,11H2,1-2H3,(H2,14,15,16). The fraction of sp³-hybridized carbons (Fsp3) is 1.00. The molecule has 7 unspecified atom stereocenters. The van der Waals surface area contributed by atoms with Gasteiger partial charge in [-0.3, -0.25) is 4.52 Å².